The Hall–Kier alpha value is -0.710. The van der Waals surface area contributed by atoms with Gasteiger partial charge in [-0.1, -0.05) is 6.07 Å². The van der Waals surface area contributed by atoms with Crippen LogP contribution in [0.3, 0.4) is 0 Å². The molecule has 0 atom stereocenters. The van der Waals surface area contributed by atoms with Gasteiger partial charge in [0.25, 0.3) is 0 Å². The molecule has 84 valence electrons. The maximum Gasteiger partial charge on any atom is 0.0313 e. The topological polar surface area (TPSA) is 24.9 Å². The molecule has 16 heavy (non-hydrogen) atoms. The summed E-state index contributed by atoms with van der Waals surface area (Å²) in [5.74, 6) is 0. The molecule has 0 saturated carbocycles. The van der Waals surface area contributed by atoms with Crippen LogP contribution in [0.1, 0.15) is 16.0 Å². The normalized spacial score (nSPS) is 10.6. The third kappa shape index (κ3) is 3.40. The van der Waals surface area contributed by atoms with Gasteiger partial charge >= 0.3 is 0 Å². The molecule has 2 aromatic heterocycles. The number of pyridine rings is 1. The second-order valence-corrected chi connectivity index (χ2v) is 5.62. The van der Waals surface area contributed by atoms with E-state index in [1.807, 2.05) is 12.4 Å². The minimum Gasteiger partial charge on any atom is -0.308 e. The molecule has 2 aromatic rings. The maximum absolute atomic E-state index is 4.17. The summed E-state index contributed by atoms with van der Waals surface area (Å²) in [5, 5.41) is 5.51. The Morgan fingerprint density at radius 3 is 2.88 bits per heavy atom. The Balaban J connectivity index is 1.84. The molecule has 2 nitrogen and oxygen atoms in total. The van der Waals surface area contributed by atoms with Gasteiger partial charge in [0.15, 0.2) is 0 Å². The molecule has 0 spiro atoms. The van der Waals surface area contributed by atoms with Crippen LogP contribution in [-0.4, -0.2) is 4.98 Å². The molecule has 0 aromatic carbocycles. The van der Waals surface area contributed by atoms with E-state index in [0.717, 1.165) is 17.6 Å². The van der Waals surface area contributed by atoms with E-state index in [-0.39, 0.29) is 0 Å². The zero-order chi connectivity index (χ0) is 11.4. The molecule has 0 aliphatic carbocycles. The van der Waals surface area contributed by atoms with E-state index in [4.69, 9.17) is 0 Å². The van der Waals surface area contributed by atoms with Gasteiger partial charge in [0.1, 0.15) is 0 Å². The zero-order valence-electron chi connectivity index (χ0n) is 9.03. The lowest BCUT2D eigenvalue weighted by atomic mass is 10.2. The van der Waals surface area contributed by atoms with E-state index in [0.29, 0.717) is 0 Å². The molecule has 0 unspecified atom stereocenters. The van der Waals surface area contributed by atoms with Crippen molar-refractivity contribution in [1.82, 2.24) is 10.3 Å². The highest BCUT2D eigenvalue weighted by atomic mass is 79.9. The molecule has 0 radical (unpaired) electrons. The Morgan fingerprint density at radius 2 is 2.19 bits per heavy atom. The highest BCUT2D eigenvalue weighted by molar-refractivity contribution is 9.10. The molecule has 2 heterocycles. The quantitative estimate of drug-likeness (QED) is 0.934. The maximum atomic E-state index is 4.17. The summed E-state index contributed by atoms with van der Waals surface area (Å²) < 4.78 is 1.16. The SMILES string of the molecule is Cc1cncc(CNCc2cc(Br)cs2)c1. The predicted molar refractivity (Wildman–Crippen MR) is 71.5 cm³/mol. The number of hydrogen-bond donors (Lipinski definition) is 1. The number of rotatable bonds is 4. The van der Waals surface area contributed by atoms with Crippen LogP contribution in [0.25, 0.3) is 0 Å². The van der Waals surface area contributed by atoms with Crippen LogP contribution in [-0.2, 0) is 13.1 Å². The lowest BCUT2D eigenvalue weighted by Crippen LogP contribution is -2.11. The Labute approximate surface area is 108 Å². The Morgan fingerprint density at radius 1 is 1.31 bits per heavy atom. The van der Waals surface area contributed by atoms with E-state index >= 15 is 0 Å². The molecule has 2 rings (SSSR count). The summed E-state index contributed by atoms with van der Waals surface area (Å²) in [6.07, 6.45) is 3.78. The highest BCUT2D eigenvalue weighted by Gasteiger charge is 1.98. The van der Waals surface area contributed by atoms with Crippen LogP contribution < -0.4 is 5.32 Å². The van der Waals surface area contributed by atoms with Crippen molar-refractivity contribution in [2.45, 2.75) is 20.0 Å². The number of hydrogen-bond acceptors (Lipinski definition) is 3. The van der Waals surface area contributed by atoms with Gasteiger partial charge in [0, 0.05) is 40.2 Å². The first-order valence-corrected chi connectivity index (χ1v) is 6.75. The molecule has 0 bridgehead atoms. The Bertz CT molecular complexity index is 468. The second kappa shape index (κ2) is 5.57. The minimum atomic E-state index is 0.865. The molecule has 0 fully saturated rings. The summed E-state index contributed by atoms with van der Waals surface area (Å²) in [5.41, 5.74) is 2.44. The number of nitrogens with one attached hydrogen (secondary N) is 1. The molecule has 0 amide bonds. The molecular formula is C12H13BrN2S. The van der Waals surface area contributed by atoms with Crippen molar-refractivity contribution in [3.05, 3.63) is 50.4 Å². The van der Waals surface area contributed by atoms with Crippen LogP contribution in [0.5, 0.6) is 0 Å². The molecule has 4 heteroatoms. The van der Waals surface area contributed by atoms with E-state index in [1.165, 1.54) is 16.0 Å². The monoisotopic (exact) mass is 296 g/mol. The van der Waals surface area contributed by atoms with Crippen molar-refractivity contribution in [3.63, 3.8) is 0 Å². The van der Waals surface area contributed by atoms with Gasteiger partial charge in [-0.05, 0) is 40.0 Å². The number of aryl methyl sites for hydroxylation is 1. The number of halogens is 1. The van der Waals surface area contributed by atoms with Crippen molar-refractivity contribution < 1.29 is 0 Å². The summed E-state index contributed by atoms with van der Waals surface area (Å²) >= 11 is 5.21. The van der Waals surface area contributed by atoms with Crippen LogP contribution in [0.2, 0.25) is 0 Å². The molecular weight excluding hydrogens is 284 g/mol. The Kier molecular flexibility index (Phi) is 4.09. The average molecular weight is 297 g/mol. The first-order chi connectivity index (χ1) is 7.74. The average Bonchev–Trinajstić information content (AvgIpc) is 2.64. The van der Waals surface area contributed by atoms with Gasteiger partial charge in [0.05, 0.1) is 0 Å². The van der Waals surface area contributed by atoms with Crippen LogP contribution in [0.15, 0.2) is 34.4 Å². The highest BCUT2D eigenvalue weighted by Crippen LogP contribution is 2.19. The molecule has 0 saturated heterocycles. The van der Waals surface area contributed by atoms with Crippen LogP contribution in [0.4, 0.5) is 0 Å². The van der Waals surface area contributed by atoms with Gasteiger partial charge in [-0.2, -0.15) is 0 Å². The number of nitrogens with zero attached hydrogens (tertiary/aromatic N) is 1. The van der Waals surface area contributed by atoms with Gasteiger partial charge in [0.2, 0.25) is 0 Å². The minimum absolute atomic E-state index is 0.865. The number of thiophene rings is 1. The lowest BCUT2D eigenvalue weighted by molar-refractivity contribution is 0.698. The standard InChI is InChI=1S/C12H13BrN2S/c1-9-2-10(5-14-4-9)6-15-7-12-3-11(13)8-16-12/h2-5,8,15H,6-7H2,1H3. The molecule has 0 aliphatic heterocycles. The summed E-state index contributed by atoms with van der Waals surface area (Å²) in [4.78, 5) is 5.51. The smallest absolute Gasteiger partial charge is 0.0313 e. The first-order valence-electron chi connectivity index (χ1n) is 5.08. The van der Waals surface area contributed by atoms with E-state index in [2.05, 4.69) is 50.7 Å². The largest absolute Gasteiger partial charge is 0.308 e. The van der Waals surface area contributed by atoms with E-state index in [1.54, 1.807) is 11.3 Å². The van der Waals surface area contributed by atoms with Crippen molar-refractivity contribution in [1.29, 1.82) is 0 Å². The fraction of sp³-hybridized carbons (Fsp3) is 0.250. The summed E-state index contributed by atoms with van der Waals surface area (Å²) in [6.45, 7) is 3.83. The number of aromatic nitrogens is 1. The first kappa shape index (κ1) is 11.8. The molecule has 1 N–H and O–H groups in total. The van der Waals surface area contributed by atoms with Gasteiger partial charge in [-0.25, -0.2) is 0 Å². The van der Waals surface area contributed by atoms with E-state index < -0.39 is 0 Å². The van der Waals surface area contributed by atoms with Crippen LogP contribution in [0, 0.1) is 6.92 Å². The predicted octanol–water partition coefficient (Wildman–Crippen LogP) is 3.50. The van der Waals surface area contributed by atoms with Gasteiger partial charge < -0.3 is 5.32 Å². The fourth-order valence-corrected chi connectivity index (χ4v) is 2.91. The van der Waals surface area contributed by atoms with E-state index in [9.17, 15) is 0 Å². The van der Waals surface area contributed by atoms with Crippen LogP contribution >= 0.6 is 27.3 Å². The third-order valence-corrected chi connectivity index (χ3v) is 3.88. The summed E-state index contributed by atoms with van der Waals surface area (Å²) in [7, 11) is 0. The van der Waals surface area contributed by atoms with Gasteiger partial charge in [-0.15, -0.1) is 11.3 Å². The van der Waals surface area contributed by atoms with Crippen molar-refractivity contribution in [2.75, 3.05) is 0 Å². The van der Waals surface area contributed by atoms with Gasteiger partial charge in [-0.3, -0.25) is 4.98 Å². The molecule has 0 aliphatic rings. The summed E-state index contributed by atoms with van der Waals surface area (Å²) in [6, 6.07) is 4.30. The van der Waals surface area contributed by atoms with Crippen molar-refractivity contribution in [2.24, 2.45) is 0 Å². The van der Waals surface area contributed by atoms with Crippen molar-refractivity contribution in [3.8, 4) is 0 Å². The second-order valence-electron chi connectivity index (χ2n) is 3.71. The fourth-order valence-electron chi connectivity index (χ4n) is 1.49. The van der Waals surface area contributed by atoms with Crippen molar-refractivity contribution >= 4 is 27.3 Å². The lowest BCUT2D eigenvalue weighted by Gasteiger charge is -2.03. The third-order valence-electron chi connectivity index (χ3n) is 2.18. The zero-order valence-corrected chi connectivity index (χ0v) is 11.4.